The number of hydrogen-bond acceptors (Lipinski definition) is 3. The Balaban J connectivity index is 0.00000400. The average Bonchev–Trinajstić information content (AvgIpc) is 2.39. The van der Waals surface area contributed by atoms with Gasteiger partial charge in [-0.15, -0.1) is 12.4 Å². The molecule has 0 radical (unpaired) electrons. The molecule has 0 aliphatic rings. The SMILES string of the molecule is CCCCC(=O)Oc1cccc(CN(C)C)c1CCC.Cl. The van der Waals surface area contributed by atoms with E-state index < -0.39 is 0 Å². The quantitative estimate of drug-likeness (QED) is 0.531. The van der Waals surface area contributed by atoms with E-state index in [4.69, 9.17) is 4.74 Å². The molecule has 0 spiro atoms. The molecule has 0 N–H and O–H groups in total. The average molecular weight is 314 g/mol. The van der Waals surface area contributed by atoms with Gasteiger partial charge in [0.1, 0.15) is 5.75 Å². The molecule has 0 unspecified atom stereocenters. The zero-order valence-corrected chi connectivity index (χ0v) is 14.5. The molecule has 120 valence electrons. The summed E-state index contributed by atoms with van der Waals surface area (Å²) in [5.41, 5.74) is 2.42. The van der Waals surface area contributed by atoms with E-state index in [1.54, 1.807) is 0 Å². The molecule has 1 aromatic rings. The fourth-order valence-corrected chi connectivity index (χ4v) is 2.22. The van der Waals surface area contributed by atoms with Crippen molar-refractivity contribution in [1.82, 2.24) is 4.90 Å². The highest BCUT2D eigenvalue weighted by atomic mass is 35.5. The van der Waals surface area contributed by atoms with E-state index in [0.29, 0.717) is 6.42 Å². The largest absolute Gasteiger partial charge is 0.426 e. The Labute approximate surface area is 135 Å². The van der Waals surface area contributed by atoms with Gasteiger partial charge in [-0.25, -0.2) is 0 Å². The maximum Gasteiger partial charge on any atom is 0.311 e. The lowest BCUT2D eigenvalue weighted by molar-refractivity contribution is -0.134. The van der Waals surface area contributed by atoms with Crippen molar-refractivity contribution in [3.63, 3.8) is 0 Å². The Kier molecular flexibility index (Phi) is 10.1. The first kappa shape index (κ1) is 19.9. The zero-order valence-electron chi connectivity index (χ0n) is 13.6. The van der Waals surface area contributed by atoms with E-state index in [1.165, 1.54) is 11.1 Å². The van der Waals surface area contributed by atoms with Crippen LogP contribution in [0.15, 0.2) is 18.2 Å². The molecule has 1 aromatic carbocycles. The number of carbonyl (C=O) groups excluding carboxylic acids is 1. The van der Waals surface area contributed by atoms with Crippen LogP contribution in [0.3, 0.4) is 0 Å². The summed E-state index contributed by atoms with van der Waals surface area (Å²) in [6.07, 6.45) is 4.39. The first-order chi connectivity index (χ1) is 9.58. The van der Waals surface area contributed by atoms with Gasteiger partial charge in [0.2, 0.25) is 0 Å². The van der Waals surface area contributed by atoms with Gasteiger partial charge in [-0.3, -0.25) is 4.79 Å². The second kappa shape index (κ2) is 10.6. The highest BCUT2D eigenvalue weighted by Gasteiger charge is 2.12. The number of rotatable bonds is 8. The number of nitrogens with zero attached hydrogens (tertiary/aromatic N) is 1. The first-order valence-corrected chi connectivity index (χ1v) is 7.54. The van der Waals surface area contributed by atoms with Crippen LogP contribution < -0.4 is 4.74 Å². The van der Waals surface area contributed by atoms with E-state index in [2.05, 4.69) is 38.9 Å². The third kappa shape index (κ3) is 6.96. The molecule has 0 fully saturated rings. The number of esters is 1. The highest BCUT2D eigenvalue weighted by Crippen LogP contribution is 2.25. The van der Waals surface area contributed by atoms with Crippen LogP contribution in [-0.2, 0) is 17.8 Å². The summed E-state index contributed by atoms with van der Waals surface area (Å²) in [5, 5.41) is 0. The fraction of sp³-hybridized carbons (Fsp3) is 0.588. The smallest absolute Gasteiger partial charge is 0.311 e. The van der Waals surface area contributed by atoms with Crippen LogP contribution in [0, 0.1) is 0 Å². The summed E-state index contributed by atoms with van der Waals surface area (Å²) in [6, 6.07) is 6.00. The summed E-state index contributed by atoms with van der Waals surface area (Å²) in [7, 11) is 4.10. The summed E-state index contributed by atoms with van der Waals surface area (Å²) < 4.78 is 5.56. The summed E-state index contributed by atoms with van der Waals surface area (Å²) in [6.45, 7) is 5.10. The molecular weight excluding hydrogens is 286 g/mol. The highest BCUT2D eigenvalue weighted by molar-refractivity contribution is 5.85. The Bertz CT molecular complexity index is 433. The Morgan fingerprint density at radius 3 is 2.48 bits per heavy atom. The van der Waals surface area contributed by atoms with Crippen LogP contribution in [0.25, 0.3) is 0 Å². The van der Waals surface area contributed by atoms with Crippen LogP contribution in [0.1, 0.15) is 50.7 Å². The number of hydrogen-bond donors (Lipinski definition) is 0. The van der Waals surface area contributed by atoms with Crippen LogP contribution in [0.4, 0.5) is 0 Å². The number of ether oxygens (including phenoxy) is 1. The van der Waals surface area contributed by atoms with E-state index in [9.17, 15) is 4.79 Å². The van der Waals surface area contributed by atoms with Gasteiger partial charge < -0.3 is 9.64 Å². The van der Waals surface area contributed by atoms with Gasteiger partial charge in [0.25, 0.3) is 0 Å². The predicted octanol–water partition coefficient (Wildman–Crippen LogP) is 4.22. The van der Waals surface area contributed by atoms with Crippen molar-refractivity contribution in [3.05, 3.63) is 29.3 Å². The van der Waals surface area contributed by atoms with E-state index in [0.717, 1.165) is 38.0 Å². The third-order valence-corrected chi connectivity index (χ3v) is 3.17. The van der Waals surface area contributed by atoms with Crippen molar-refractivity contribution >= 4 is 18.4 Å². The minimum absolute atomic E-state index is 0. The van der Waals surface area contributed by atoms with E-state index in [-0.39, 0.29) is 18.4 Å². The number of unbranched alkanes of at least 4 members (excludes halogenated alkanes) is 1. The monoisotopic (exact) mass is 313 g/mol. The zero-order chi connectivity index (χ0) is 15.0. The first-order valence-electron chi connectivity index (χ1n) is 7.54. The number of benzene rings is 1. The number of carbonyl (C=O) groups is 1. The standard InChI is InChI=1S/C17H27NO2.ClH/c1-5-7-12-17(19)20-16-11-8-10-14(13-18(3)4)15(16)9-6-2;/h8,10-11H,5-7,9,12-13H2,1-4H3;1H. The molecule has 0 heterocycles. The molecule has 0 amide bonds. The Morgan fingerprint density at radius 2 is 1.90 bits per heavy atom. The minimum Gasteiger partial charge on any atom is -0.426 e. The van der Waals surface area contributed by atoms with Crippen LogP contribution in [-0.4, -0.2) is 25.0 Å². The molecule has 0 saturated carbocycles. The summed E-state index contributed by atoms with van der Waals surface area (Å²) >= 11 is 0. The van der Waals surface area contributed by atoms with Crippen molar-refractivity contribution in [2.45, 2.75) is 52.5 Å². The van der Waals surface area contributed by atoms with Crippen molar-refractivity contribution in [1.29, 1.82) is 0 Å². The Hall–Kier alpha value is -1.06. The molecule has 4 heteroatoms. The molecule has 0 saturated heterocycles. The summed E-state index contributed by atoms with van der Waals surface area (Å²) in [4.78, 5) is 14.0. The third-order valence-electron chi connectivity index (χ3n) is 3.17. The van der Waals surface area contributed by atoms with Gasteiger partial charge >= 0.3 is 5.97 Å². The van der Waals surface area contributed by atoms with E-state index in [1.807, 2.05) is 12.1 Å². The normalized spacial score (nSPS) is 10.3. The van der Waals surface area contributed by atoms with Crippen molar-refractivity contribution in [3.8, 4) is 5.75 Å². The lowest BCUT2D eigenvalue weighted by Gasteiger charge is -2.17. The van der Waals surface area contributed by atoms with Crippen LogP contribution >= 0.6 is 12.4 Å². The minimum atomic E-state index is -0.119. The molecule has 0 aromatic heterocycles. The number of halogens is 1. The van der Waals surface area contributed by atoms with Gasteiger partial charge in [-0.05, 0) is 44.1 Å². The van der Waals surface area contributed by atoms with Crippen LogP contribution in [0.5, 0.6) is 5.75 Å². The van der Waals surface area contributed by atoms with E-state index >= 15 is 0 Å². The maximum atomic E-state index is 11.8. The van der Waals surface area contributed by atoms with Crippen LogP contribution in [0.2, 0.25) is 0 Å². The molecule has 0 aliphatic heterocycles. The van der Waals surface area contributed by atoms with Gasteiger partial charge in [0, 0.05) is 13.0 Å². The van der Waals surface area contributed by atoms with Gasteiger partial charge in [0.05, 0.1) is 0 Å². The second-order valence-electron chi connectivity index (χ2n) is 5.46. The molecule has 0 aliphatic carbocycles. The summed E-state index contributed by atoms with van der Waals surface area (Å²) in [5.74, 6) is 0.624. The van der Waals surface area contributed by atoms with Crippen molar-refractivity contribution in [2.24, 2.45) is 0 Å². The molecule has 3 nitrogen and oxygen atoms in total. The van der Waals surface area contributed by atoms with Crippen molar-refractivity contribution in [2.75, 3.05) is 14.1 Å². The fourth-order valence-electron chi connectivity index (χ4n) is 2.22. The maximum absolute atomic E-state index is 11.8. The van der Waals surface area contributed by atoms with Gasteiger partial charge in [-0.2, -0.15) is 0 Å². The molecular formula is C17H28ClNO2. The lowest BCUT2D eigenvalue weighted by atomic mass is 10.0. The molecule has 0 bridgehead atoms. The molecule has 21 heavy (non-hydrogen) atoms. The predicted molar refractivity (Wildman–Crippen MR) is 90.2 cm³/mol. The molecule has 1 rings (SSSR count). The van der Waals surface area contributed by atoms with Gasteiger partial charge in [-0.1, -0.05) is 38.8 Å². The second-order valence-corrected chi connectivity index (χ2v) is 5.46. The van der Waals surface area contributed by atoms with Crippen molar-refractivity contribution < 1.29 is 9.53 Å². The lowest BCUT2D eigenvalue weighted by Crippen LogP contribution is -2.14. The Morgan fingerprint density at radius 1 is 1.19 bits per heavy atom. The topological polar surface area (TPSA) is 29.5 Å². The molecule has 0 atom stereocenters. The van der Waals surface area contributed by atoms with Gasteiger partial charge in [0.15, 0.2) is 0 Å².